The molecule has 0 N–H and O–H groups in total. The monoisotopic (exact) mass is 220 g/mol. The van der Waals surface area contributed by atoms with Crippen molar-refractivity contribution in [2.24, 2.45) is 0 Å². The maximum absolute atomic E-state index is 11.6. The largest absolute Gasteiger partial charge is 0.422 e. The van der Waals surface area contributed by atoms with Gasteiger partial charge in [0, 0.05) is 6.42 Å². The van der Waals surface area contributed by atoms with E-state index in [0.717, 1.165) is 6.42 Å². The maximum Gasteiger partial charge on any atom is 0.341 e. The summed E-state index contributed by atoms with van der Waals surface area (Å²) in [6, 6.07) is 6.25. The van der Waals surface area contributed by atoms with E-state index in [9.17, 15) is 9.59 Å². The van der Waals surface area contributed by atoms with Crippen LogP contribution in [0.1, 0.15) is 40.5 Å². The molecule has 0 atom stereocenters. The van der Waals surface area contributed by atoms with E-state index in [-0.39, 0.29) is 0 Å². The molecule has 0 saturated heterocycles. The molecule has 0 spiro atoms. The fourth-order valence-corrected chi connectivity index (χ4v) is 1.49. The fraction of sp³-hybridized carbons (Fsp3) is 0.333. The van der Waals surface area contributed by atoms with Crippen molar-refractivity contribution in [2.75, 3.05) is 0 Å². The summed E-state index contributed by atoms with van der Waals surface area (Å²) in [6.07, 6.45) is 0.504. The van der Waals surface area contributed by atoms with Gasteiger partial charge < -0.3 is 9.47 Å². The lowest BCUT2D eigenvalue weighted by molar-refractivity contribution is -0.0826. The second-order valence-electron chi connectivity index (χ2n) is 3.61. The lowest BCUT2D eigenvalue weighted by Gasteiger charge is -2.15. The van der Waals surface area contributed by atoms with Gasteiger partial charge in [-0.3, -0.25) is 0 Å². The highest BCUT2D eigenvalue weighted by Gasteiger charge is 2.22. The van der Waals surface area contributed by atoms with Crippen LogP contribution in [0.3, 0.4) is 0 Å². The Hall–Kier alpha value is -1.84. The van der Waals surface area contributed by atoms with Crippen LogP contribution in [-0.4, -0.2) is 18.2 Å². The third-order valence-corrected chi connectivity index (χ3v) is 2.36. The smallest absolute Gasteiger partial charge is 0.341 e. The first-order chi connectivity index (χ1) is 7.70. The summed E-state index contributed by atoms with van der Waals surface area (Å²) in [5.41, 5.74) is 0.867. The summed E-state index contributed by atoms with van der Waals surface area (Å²) in [6.45, 7) is 1.93. The minimum Gasteiger partial charge on any atom is -0.422 e. The first-order valence-corrected chi connectivity index (χ1v) is 5.22. The third kappa shape index (κ3) is 2.05. The topological polar surface area (TPSA) is 52.6 Å². The average Bonchev–Trinajstić information content (AvgIpc) is 2.36. The van der Waals surface area contributed by atoms with Crippen molar-refractivity contribution < 1.29 is 19.1 Å². The fourth-order valence-electron chi connectivity index (χ4n) is 1.49. The number of ether oxygens (including phenoxy) is 2. The van der Waals surface area contributed by atoms with Crippen LogP contribution in [-0.2, 0) is 9.47 Å². The lowest BCUT2D eigenvalue weighted by atomic mass is 10.1. The second kappa shape index (κ2) is 4.35. The Labute approximate surface area is 93.2 Å². The van der Waals surface area contributed by atoms with Gasteiger partial charge in [-0.05, 0) is 30.7 Å². The normalized spacial score (nSPS) is 16.1. The van der Waals surface area contributed by atoms with E-state index in [4.69, 9.17) is 9.47 Å². The first-order valence-electron chi connectivity index (χ1n) is 5.22. The van der Waals surface area contributed by atoms with E-state index in [1.807, 2.05) is 6.92 Å². The zero-order valence-electron chi connectivity index (χ0n) is 8.93. The molecule has 2 aliphatic rings. The van der Waals surface area contributed by atoms with Crippen LogP contribution in [0.25, 0.3) is 0 Å². The van der Waals surface area contributed by atoms with Gasteiger partial charge in [0.15, 0.2) is 0 Å². The van der Waals surface area contributed by atoms with Gasteiger partial charge in [-0.1, -0.05) is 6.92 Å². The van der Waals surface area contributed by atoms with Crippen molar-refractivity contribution in [3.63, 3.8) is 0 Å². The van der Waals surface area contributed by atoms with Gasteiger partial charge in [0.25, 0.3) is 0 Å². The molecule has 1 aromatic rings. The third-order valence-electron chi connectivity index (χ3n) is 2.36. The summed E-state index contributed by atoms with van der Waals surface area (Å²) in [7, 11) is 0. The summed E-state index contributed by atoms with van der Waals surface area (Å²) in [5.74, 6) is -0.917. The predicted molar refractivity (Wildman–Crippen MR) is 56.0 cm³/mol. The van der Waals surface area contributed by atoms with Gasteiger partial charge in [-0.15, -0.1) is 0 Å². The van der Waals surface area contributed by atoms with E-state index < -0.39 is 18.2 Å². The van der Waals surface area contributed by atoms with Crippen molar-refractivity contribution in [1.29, 1.82) is 0 Å². The lowest BCUT2D eigenvalue weighted by Crippen LogP contribution is -2.23. The van der Waals surface area contributed by atoms with Crippen LogP contribution in [0.15, 0.2) is 24.3 Å². The molecule has 4 heteroatoms. The standard InChI is InChI=1S/C12H12O4/c1-2-3-10-15-11(13)8-4-5-9(7-6-8)12(14)16-10/h4-7,10H,2-3H2,1H3. The average molecular weight is 220 g/mol. The number of carbonyl (C=O) groups is 2. The molecule has 1 aromatic carbocycles. The van der Waals surface area contributed by atoms with Crippen molar-refractivity contribution in [3.8, 4) is 0 Å². The summed E-state index contributed by atoms with van der Waals surface area (Å²) in [4.78, 5) is 23.2. The Kier molecular flexibility index (Phi) is 2.90. The highest BCUT2D eigenvalue weighted by molar-refractivity contribution is 5.94. The van der Waals surface area contributed by atoms with Crippen molar-refractivity contribution in [2.45, 2.75) is 26.1 Å². The van der Waals surface area contributed by atoms with Gasteiger partial charge in [-0.2, -0.15) is 0 Å². The highest BCUT2D eigenvalue weighted by Crippen LogP contribution is 2.16. The molecule has 0 saturated carbocycles. The summed E-state index contributed by atoms with van der Waals surface area (Å²) in [5, 5.41) is 0. The van der Waals surface area contributed by atoms with E-state index in [0.29, 0.717) is 17.5 Å². The Balaban J connectivity index is 2.30. The minimum atomic E-state index is -0.783. The SMILES string of the molecule is CCCC1OC(=O)c2ccc(cc2)C(=O)O1. The van der Waals surface area contributed by atoms with Gasteiger partial charge in [0.05, 0.1) is 11.1 Å². The number of hydrogen-bond donors (Lipinski definition) is 0. The zero-order chi connectivity index (χ0) is 11.5. The molecule has 0 radical (unpaired) electrons. The molecule has 0 aromatic heterocycles. The minimum absolute atomic E-state index is 0.433. The Bertz CT molecular complexity index is 371. The van der Waals surface area contributed by atoms with Gasteiger partial charge >= 0.3 is 11.9 Å². The van der Waals surface area contributed by atoms with Gasteiger partial charge in [-0.25, -0.2) is 9.59 Å². The molecule has 0 unspecified atom stereocenters. The molecule has 3 rings (SSSR count). The van der Waals surface area contributed by atoms with Crippen LogP contribution in [0, 0.1) is 0 Å². The maximum atomic E-state index is 11.6. The molecule has 0 amide bonds. The molecule has 0 aliphatic carbocycles. The Morgan fingerprint density at radius 3 is 1.81 bits per heavy atom. The quantitative estimate of drug-likeness (QED) is 0.716. The van der Waals surface area contributed by atoms with Crippen molar-refractivity contribution in [1.82, 2.24) is 0 Å². The van der Waals surface area contributed by atoms with E-state index >= 15 is 0 Å². The molecular formula is C12H12O4. The summed E-state index contributed by atoms with van der Waals surface area (Å²) < 4.78 is 10.2. The van der Waals surface area contributed by atoms with Crippen molar-refractivity contribution >= 4 is 11.9 Å². The van der Waals surface area contributed by atoms with Crippen LogP contribution >= 0.6 is 0 Å². The molecule has 4 nitrogen and oxygen atoms in total. The summed E-state index contributed by atoms with van der Waals surface area (Å²) >= 11 is 0. The predicted octanol–water partition coefficient (Wildman–Crippen LogP) is 2.14. The second-order valence-corrected chi connectivity index (χ2v) is 3.61. The molecule has 84 valence electrons. The molecule has 16 heavy (non-hydrogen) atoms. The number of esters is 2. The van der Waals surface area contributed by atoms with Crippen LogP contribution in [0.5, 0.6) is 0 Å². The molecule has 2 aliphatic heterocycles. The zero-order valence-corrected chi connectivity index (χ0v) is 8.93. The number of carbonyl (C=O) groups excluding carboxylic acids is 2. The number of rotatable bonds is 2. The van der Waals surface area contributed by atoms with Gasteiger partial charge in [0.1, 0.15) is 0 Å². The van der Waals surface area contributed by atoms with Gasteiger partial charge in [0.2, 0.25) is 6.29 Å². The van der Waals surface area contributed by atoms with E-state index in [1.54, 1.807) is 24.3 Å². The highest BCUT2D eigenvalue weighted by atomic mass is 16.7. The van der Waals surface area contributed by atoms with E-state index in [1.165, 1.54) is 0 Å². The van der Waals surface area contributed by atoms with Crippen LogP contribution in [0.4, 0.5) is 0 Å². The molecule has 0 fully saturated rings. The van der Waals surface area contributed by atoms with Crippen LogP contribution in [0.2, 0.25) is 0 Å². The van der Waals surface area contributed by atoms with Crippen molar-refractivity contribution in [3.05, 3.63) is 35.4 Å². The number of fused-ring (bicyclic) bond motifs is 6. The first kappa shape index (κ1) is 10.7. The Morgan fingerprint density at radius 1 is 1.00 bits per heavy atom. The number of hydrogen-bond acceptors (Lipinski definition) is 4. The Morgan fingerprint density at radius 2 is 1.44 bits per heavy atom. The molecule has 2 bridgehead atoms. The van der Waals surface area contributed by atoms with Crippen LogP contribution < -0.4 is 0 Å². The molecular weight excluding hydrogens is 208 g/mol. The number of benzene rings is 1. The molecule has 2 heterocycles. The van der Waals surface area contributed by atoms with E-state index in [2.05, 4.69) is 0 Å².